The first-order valence-electron chi connectivity index (χ1n) is 8.19. The number of nitrogens with zero attached hydrogens (tertiary/aromatic N) is 4. The van der Waals surface area contributed by atoms with Gasteiger partial charge in [0.2, 0.25) is 0 Å². The monoisotopic (exact) mass is 299 g/mol. The molecule has 1 aliphatic heterocycles. The zero-order valence-corrected chi connectivity index (χ0v) is 13.5. The van der Waals surface area contributed by atoms with Crippen LogP contribution in [0.3, 0.4) is 0 Å². The predicted octanol–water partition coefficient (Wildman–Crippen LogP) is 3.07. The van der Waals surface area contributed by atoms with E-state index in [1.54, 1.807) is 0 Å². The highest BCUT2D eigenvalue weighted by atomic mass is 15.2. The molecule has 22 heavy (non-hydrogen) atoms. The van der Waals surface area contributed by atoms with Gasteiger partial charge < -0.3 is 9.88 Å². The highest BCUT2D eigenvalue weighted by molar-refractivity contribution is 5.38. The second-order valence-electron chi connectivity index (χ2n) is 5.89. The summed E-state index contributed by atoms with van der Waals surface area (Å²) in [6, 6.07) is 4.78. The van der Waals surface area contributed by atoms with Crippen molar-refractivity contribution in [2.45, 2.75) is 45.3 Å². The quantitative estimate of drug-likeness (QED) is 0.890. The minimum atomic E-state index is 0.474. The van der Waals surface area contributed by atoms with Crippen molar-refractivity contribution in [3.05, 3.63) is 42.1 Å². The van der Waals surface area contributed by atoms with E-state index in [0.717, 1.165) is 31.9 Å². The molecule has 2 aromatic rings. The summed E-state index contributed by atoms with van der Waals surface area (Å²) in [5, 5.41) is 3.13. The van der Waals surface area contributed by atoms with Crippen molar-refractivity contribution in [2.75, 3.05) is 18.9 Å². The predicted molar refractivity (Wildman–Crippen MR) is 88.7 cm³/mol. The van der Waals surface area contributed by atoms with E-state index in [2.05, 4.69) is 50.0 Å². The Morgan fingerprint density at radius 3 is 3.05 bits per heavy atom. The van der Waals surface area contributed by atoms with Gasteiger partial charge in [0.25, 0.3) is 0 Å². The fraction of sp³-hybridized carbons (Fsp3) is 0.529. The van der Waals surface area contributed by atoms with Crippen molar-refractivity contribution < 1.29 is 0 Å². The van der Waals surface area contributed by atoms with Gasteiger partial charge in [0.15, 0.2) is 0 Å². The summed E-state index contributed by atoms with van der Waals surface area (Å²) in [6.45, 7) is 5.32. The molecular formula is C17H25N5. The van der Waals surface area contributed by atoms with Gasteiger partial charge in [0.1, 0.15) is 11.6 Å². The first-order chi connectivity index (χ1) is 10.8. The molecule has 3 rings (SSSR count). The fourth-order valence-corrected chi connectivity index (χ4v) is 3.30. The van der Waals surface area contributed by atoms with Gasteiger partial charge in [0, 0.05) is 38.2 Å². The standard InChI is InChI=1S/C17H25N5/c1-3-9-21-11-8-20-17(21)13-22-10-4-5-15(22)14-6-7-19-16(12-14)18-2/h6-8,11-12,15H,3-5,9-10,13H2,1-2H3,(H,18,19)/t15-/m0/s1. The molecule has 0 unspecified atom stereocenters. The molecule has 0 saturated carbocycles. The van der Waals surface area contributed by atoms with Crippen molar-refractivity contribution in [3.63, 3.8) is 0 Å². The second kappa shape index (κ2) is 6.92. The largest absolute Gasteiger partial charge is 0.373 e. The zero-order valence-electron chi connectivity index (χ0n) is 13.5. The van der Waals surface area contributed by atoms with Crippen molar-refractivity contribution in [3.8, 4) is 0 Å². The lowest BCUT2D eigenvalue weighted by atomic mass is 10.1. The zero-order chi connectivity index (χ0) is 15.4. The average Bonchev–Trinajstić information content (AvgIpc) is 3.18. The van der Waals surface area contributed by atoms with Crippen LogP contribution in [-0.4, -0.2) is 33.0 Å². The Labute approximate surface area is 132 Å². The van der Waals surface area contributed by atoms with Crippen LogP contribution in [0.2, 0.25) is 0 Å². The molecule has 2 aromatic heterocycles. The molecule has 1 N–H and O–H groups in total. The minimum Gasteiger partial charge on any atom is -0.373 e. The van der Waals surface area contributed by atoms with Crippen LogP contribution in [0.15, 0.2) is 30.7 Å². The van der Waals surface area contributed by atoms with Crippen molar-refractivity contribution >= 4 is 5.82 Å². The van der Waals surface area contributed by atoms with Gasteiger partial charge in [-0.25, -0.2) is 9.97 Å². The molecule has 5 nitrogen and oxygen atoms in total. The first-order valence-corrected chi connectivity index (χ1v) is 8.19. The minimum absolute atomic E-state index is 0.474. The number of aryl methyl sites for hydroxylation is 1. The highest BCUT2D eigenvalue weighted by Gasteiger charge is 2.27. The molecule has 0 aliphatic carbocycles. The lowest BCUT2D eigenvalue weighted by molar-refractivity contribution is 0.238. The molecule has 0 aromatic carbocycles. The summed E-state index contributed by atoms with van der Waals surface area (Å²) in [4.78, 5) is 11.4. The lowest BCUT2D eigenvalue weighted by Gasteiger charge is -2.25. The van der Waals surface area contributed by atoms with Crippen LogP contribution in [0, 0.1) is 0 Å². The summed E-state index contributed by atoms with van der Waals surface area (Å²) in [5.41, 5.74) is 1.35. The summed E-state index contributed by atoms with van der Waals surface area (Å²) >= 11 is 0. The maximum Gasteiger partial charge on any atom is 0.125 e. The van der Waals surface area contributed by atoms with Gasteiger partial charge in [-0.1, -0.05) is 6.92 Å². The van der Waals surface area contributed by atoms with E-state index in [4.69, 9.17) is 0 Å². The van der Waals surface area contributed by atoms with E-state index < -0.39 is 0 Å². The third-order valence-electron chi connectivity index (χ3n) is 4.40. The van der Waals surface area contributed by atoms with Crippen LogP contribution >= 0.6 is 0 Å². The molecule has 0 spiro atoms. The number of likely N-dealkylation sites (tertiary alicyclic amines) is 1. The number of nitrogens with one attached hydrogen (secondary N) is 1. The molecule has 1 atom stereocenters. The Hall–Kier alpha value is -1.88. The number of pyridine rings is 1. The molecule has 0 bridgehead atoms. The summed E-state index contributed by atoms with van der Waals surface area (Å²) in [7, 11) is 1.92. The maximum absolute atomic E-state index is 4.56. The maximum atomic E-state index is 4.56. The normalized spacial score (nSPS) is 18.7. The smallest absolute Gasteiger partial charge is 0.125 e. The van der Waals surface area contributed by atoms with E-state index in [1.807, 2.05) is 19.4 Å². The Morgan fingerprint density at radius 2 is 2.23 bits per heavy atom. The molecule has 118 valence electrons. The van der Waals surface area contributed by atoms with Gasteiger partial charge in [-0.3, -0.25) is 4.90 Å². The number of aromatic nitrogens is 3. The van der Waals surface area contributed by atoms with Crippen LogP contribution in [0.25, 0.3) is 0 Å². The molecule has 1 saturated heterocycles. The molecule has 5 heteroatoms. The third-order valence-corrected chi connectivity index (χ3v) is 4.40. The molecule has 1 aliphatic rings. The Bertz CT molecular complexity index is 607. The first kappa shape index (κ1) is 15.0. The molecular weight excluding hydrogens is 274 g/mol. The van der Waals surface area contributed by atoms with Gasteiger partial charge in [-0.2, -0.15) is 0 Å². The molecule has 0 amide bonds. The fourth-order valence-electron chi connectivity index (χ4n) is 3.30. The Morgan fingerprint density at radius 1 is 1.32 bits per heavy atom. The Kier molecular flexibility index (Phi) is 4.73. The highest BCUT2D eigenvalue weighted by Crippen LogP contribution is 2.33. The van der Waals surface area contributed by atoms with E-state index in [9.17, 15) is 0 Å². The van der Waals surface area contributed by atoms with Crippen LogP contribution in [0.5, 0.6) is 0 Å². The van der Waals surface area contributed by atoms with Gasteiger partial charge in [-0.05, 0) is 43.5 Å². The third kappa shape index (κ3) is 3.14. The van der Waals surface area contributed by atoms with E-state index >= 15 is 0 Å². The molecule has 3 heterocycles. The van der Waals surface area contributed by atoms with Crippen LogP contribution in [-0.2, 0) is 13.1 Å². The van der Waals surface area contributed by atoms with Gasteiger partial charge in [-0.15, -0.1) is 0 Å². The van der Waals surface area contributed by atoms with Gasteiger partial charge >= 0.3 is 0 Å². The topological polar surface area (TPSA) is 46.0 Å². The summed E-state index contributed by atoms with van der Waals surface area (Å²) < 4.78 is 2.28. The average molecular weight is 299 g/mol. The SMILES string of the molecule is CCCn1ccnc1CN1CCC[C@H]1c1ccnc(NC)c1. The van der Waals surface area contributed by atoms with E-state index in [1.165, 1.54) is 24.2 Å². The van der Waals surface area contributed by atoms with E-state index in [0.29, 0.717) is 6.04 Å². The second-order valence-corrected chi connectivity index (χ2v) is 5.89. The number of rotatable bonds is 6. The van der Waals surface area contributed by atoms with Crippen LogP contribution in [0.1, 0.15) is 43.6 Å². The number of hydrogen-bond donors (Lipinski definition) is 1. The summed E-state index contributed by atoms with van der Waals surface area (Å²) in [5.74, 6) is 2.12. The molecule has 1 fully saturated rings. The molecule has 0 radical (unpaired) electrons. The van der Waals surface area contributed by atoms with Gasteiger partial charge in [0.05, 0.1) is 6.54 Å². The van der Waals surface area contributed by atoms with Crippen LogP contribution < -0.4 is 5.32 Å². The lowest BCUT2D eigenvalue weighted by Crippen LogP contribution is -2.25. The van der Waals surface area contributed by atoms with Crippen molar-refractivity contribution in [1.29, 1.82) is 0 Å². The van der Waals surface area contributed by atoms with E-state index in [-0.39, 0.29) is 0 Å². The van der Waals surface area contributed by atoms with Crippen molar-refractivity contribution in [2.24, 2.45) is 0 Å². The van der Waals surface area contributed by atoms with Crippen molar-refractivity contribution in [1.82, 2.24) is 19.4 Å². The van der Waals surface area contributed by atoms with Crippen LogP contribution in [0.4, 0.5) is 5.82 Å². The summed E-state index contributed by atoms with van der Waals surface area (Å²) in [6.07, 6.45) is 9.51. The number of hydrogen-bond acceptors (Lipinski definition) is 4. The Balaban J connectivity index is 1.76. The number of imidazole rings is 1. The number of anilines is 1.